The molecule has 2 heterocycles. The van der Waals surface area contributed by atoms with Gasteiger partial charge in [-0.05, 0) is 56.2 Å². The van der Waals surface area contributed by atoms with Gasteiger partial charge in [-0.3, -0.25) is 4.79 Å². The minimum absolute atomic E-state index is 0.137. The second kappa shape index (κ2) is 7.54. The Morgan fingerprint density at radius 2 is 1.90 bits per heavy atom. The number of nitrogens with one attached hydrogen (secondary N) is 2. The average molecular weight is 388 g/mol. The maximum absolute atomic E-state index is 12.7. The lowest BCUT2D eigenvalue weighted by Gasteiger charge is -2.10. The molecule has 0 bridgehead atoms. The number of rotatable bonds is 5. The smallest absolute Gasteiger partial charge is 0.253 e. The normalized spacial score (nSPS) is 11.2. The van der Waals surface area contributed by atoms with E-state index in [4.69, 9.17) is 4.74 Å². The van der Waals surface area contributed by atoms with Crippen molar-refractivity contribution in [3.63, 3.8) is 0 Å². The minimum atomic E-state index is -0.137. The van der Waals surface area contributed by atoms with Crippen molar-refractivity contribution < 1.29 is 9.53 Å². The molecule has 2 aromatic carbocycles. The van der Waals surface area contributed by atoms with Crippen LogP contribution in [-0.4, -0.2) is 34.5 Å². The summed E-state index contributed by atoms with van der Waals surface area (Å²) in [7, 11) is 1.62. The number of nitrogens with zero attached hydrogens (tertiary/aromatic N) is 2. The van der Waals surface area contributed by atoms with E-state index in [1.807, 2.05) is 31.2 Å². The van der Waals surface area contributed by atoms with Crippen molar-refractivity contribution in [2.45, 2.75) is 27.2 Å². The standard InChI is InChI=1S/C23H24N4O2/c1-13-10-18-19(11-14(13)2)27-21(26-18)8-9-24-23(28)17-12-16-6-5-7-20(29-4)22(16)25-15(17)3/h5-7,10-12H,8-9H2,1-4H3,(H,24,28)(H,26,27). The third kappa shape index (κ3) is 3.66. The van der Waals surface area contributed by atoms with E-state index < -0.39 is 0 Å². The van der Waals surface area contributed by atoms with Crippen LogP contribution in [0.15, 0.2) is 36.4 Å². The van der Waals surface area contributed by atoms with Gasteiger partial charge in [-0.2, -0.15) is 0 Å². The highest BCUT2D eigenvalue weighted by Crippen LogP contribution is 2.25. The molecule has 0 unspecified atom stereocenters. The van der Waals surface area contributed by atoms with E-state index in [-0.39, 0.29) is 5.91 Å². The molecule has 0 aliphatic rings. The minimum Gasteiger partial charge on any atom is -0.494 e. The molecule has 0 radical (unpaired) electrons. The monoisotopic (exact) mass is 388 g/mol. The zero-order valence-electron chi connectivity index (χ0n) is 17.1. The Labute approximate surface area is 169 Å². The molecule has 4 aromatic rings. The highest BCUT2D eigenvalue weighted by Gasteiger charge is 2.14. The molecule has 1 amide bonds. The fourth-order valence-corrected chi connectivity index (χ4v) is 3.49. The largest absolute Gasteiger partial charge is 0.494 e. The third-order valence-corrected chi connectivity index (χ3v) is 5.26. The van der Waals surface area contributed by atoms with Crippen LogP contribution < -0.4 is 10.1 Å². The predicted molar refractivity (Wildman–Crippen MR) is 115 cm³/mol. The number of para-hydroxylation sites is 1. The van der Waals surface area contributed by atoms with Gasteiger partial charge in [-0.15, -0.1) is 0 Å². The van der Waals surface area contributed by atoms with Gasteiger partial charge in [0, 0.05) is 18.4 Å². The number of methoxy groups -OCH3 is 1. The van der Waals surface area contributed by atoms with Crippen molar-refractivity contribution in [2.24, 2.45) is 0 Å². The Morgan fingerprint density at radius 3 is 2.69 bits per heavy atom. The molecule has 0 saturated carbocycles. The fraction of sp³-hybridized carbons (Fsp3) is 0.261. The van der Waals surface area contributed by atoms with Crippen LogP contribution in [0.1, 0.15) is 33.0 Å². The summed E-state index contributed by atoms with van der Waals surface area (Å²) in [6.07, 6.45) is 0.631. The first kappa shape index (κ1) is 18.9. The summed E-state index contributed by atoms with van der Waals surface area (Å²) in [6, 6.07) is 11.7. The first-order chi connectivity index (χ1) is 14.0. The van der Waals surface area contributed by atoms with Crippen molar-refractivity contribution in [3.8, 4) is 5.75 Å². The predicted octanol–water partition coefficient (Wildman–Crippen LogP) is 4.02. The lowest BCUT2D eigenvalue weighted by atomic mass is 10.1. The molecule has 0 aliphatic heterocycles. The second-order valence-corrected chi connectivity index (χ2v) is 7.30. The molecule has 0 atom stereocenters. The highest BCUT2D eigenvalue weighted by molar-refractivity contribution is 5.99. The summed E-state index contributed by atoms with van der Waals surface area (Å²) in [5.41, 5.74) is 6.44. The molecule has 29 heavy (non-hydrogen) atoms. The molecule has 148 valence electrons. The number of imidazole rings is 1. The van der Waals surface area contributed by atoms with Gasteiger partial charge >= 0.3 is 0 Å². The van der Waals surface area contributed by atoms with Gasteiger partial charge in [-0.1, -0.05) is 12.1 Å². The van der Waals surface area contributed by atoms with E-state index in [1.54, 1.807) is 7.11 Å². The van der Waals surface area contributed by atoms with E-state index >= 15 is 0 Å². The fourth-order valence-electron chi connectivity index (χ4n) is 3.49. The van der Waals surface area contributed by atoms with Crippen LogP contribution in [0.4, 0.5) is 0 Å². The molecule has 4 rings (SSSR count). The zero-order chi connectivity index (χ0) is 20.5. The van der Waals surface area contributed by atoms with Gasteiger partial charge in [0.25, 0.3) is 5.91 Å². The Morgan fingerprint density at radius 1 is 1.10 bits per heavy atom. The summed E-state index contributed by atoms with van der Waals surface area (Å²) >= 11 is 0. The molecule has 2 N–H and O–H groups in total. The van der Waals surface area contributed by atoms with Crippen LogP contribution >= 0.6 is 0 Å². The Kier molecular flexibility index (Phi) is 4.92. The number of carbonyl (C=O) groups excluding carboxylic acids is 1. The van der Waals surface area contributed by atoms with Crippen LogP contribution in [0.5, 0.6) is 5.75 Å². The van der Waals surface area contributed by atoms with Crippen LogP contribution in [0.2, 0.25) is 0 Å². The number of hydrogen-bond acceptors (Lipinski definition) is 4. The Bertz CT molecular complexity index is 1190. The zero-order valence-corrected chi connectivity index (χ0v) is 17.1. The molecule has 6 nitrogen and oxygen atoms in total. The molecule has 0 saturated heterocycles. The third-order valence-electron chi connectivity index (χ3n) is 5.26. The lowest BCUT2D eigenvalue weighted by Crippen LogP contribution is -2.27. The highest BCUT2D eigenvalue weighted by atomic mass is 16.5. The van der Waals surface area contributed by atoms with E-state index in [9.17, 15) is 4.79 Å². The number of aryl methyl sites for hydroxylation is 3. The molecular formula is C23H24N4O2. The quantitative estimate of drug-likeness (QED) is 0.541. The number of pyridine rings is 1. The summed E-state index contributed by atoms with van der Waals surface area (Å²) in [5.74, 6) is 1.43. The number of aromatic nitrogens is 3. The SMILES string of the molecule is COc1cccc2cc(C(=O)NCCc3nc4cc(C)c(C)cc4[nH]3)c(C)nc12. The van der Waals surface area contributed by atoms with Crippen LogP contribution in [0.3, 0.4) is 0 Å². The molecule has 0 spiro atoms. The van der Waals surface area contributed by atoms with Crippen molar-refractivity contribution >= 4 is 27.8 Å². The summed E-state index contributed by atoms with van der Waals surface area (Å²) in [4.78, 5) is 25.2. The molecule has 0 fully saturated rings. The topological polar surface area (TPSA) is 79.9 Å². The maximum Gasteiger partial charge on any atom is 0.253 e. The Balaban J connectivity index is 1.48. The molecule has 6 heteroatoms. The average Bonchev–Trinajstić information content (AvgIpc) is 3.08. The van der Waals surface area contributed by atoms with Gasteiger partial charge in [0.05, 0.1) is 29.4 Å². The van der Waals surface area contributed by atoms with Gasteiger partial charge in [0.2, 0.25) is 0 Å². The summed E-state index contributed by atoms with van der Waals surface area (Å²) in [5, 5.41) is 3.86. The molecule has 0 aliphatic carbocycles. The number of hydrogen-bond donors (Lipinski definition) is 2. The number of benzene rings is 2. The van der Waals surface area contributed by atoms with Gasteiger partial charge in [0.15, 0.2) is 0 Å². The van der Waals surface area contributed by atoms with E-state index in [0.717, 1.165) is 27.8 Å². The van der Waals surface area contributed by atoms with Crippen molar-refractivity contribution in [1.29, 1.82) is 0 Å². The van der Waals surface area contributed by atoms with Crippen LogP contribution in [0.25, 0.3) is 21.9 Å². The number of amides is 1. The van der Waals surface area contributed by atoms with Crippen LogP contribution in [0, 0.1) is 20.8 Å². The molecule has 2 aromatic heterocycles. The maximum atomic E-state index is 12.7. The van der Waals surface area contributed by atoms with Crippen molar-refractivity contribution in [3.05, 3.63) is 64.6 Å². The molecular weight excluding hydrogens is 364 g/mol. The van der Waals surface area contributed by atoms with Crippen molar-refractivity contribution in [2.75, 3.05) is 13.7 Å². The van der Waals surface area contributed by atoms with Crippen LogP contribution in [-0.2, 0) is 6.42 Å². The number of aromatic amines is 1. The van der Waals surface area contributed by atoms with E-state index in [1.165, 1.54) is 11.1 Å². The summed E-state index contributed by atoms with van der Waals surface area (Å²) in [6.45, 7) is 6.50. The number of carbonyl (C=O) groups is 1. The summed E-state index contributed by atoms with van der Waals surface area (Å²) < 4.78 is 5.36. The van der Waals surface area contributed by atoms with E-state index in [0.29, 0.717) is 30.0 Å². The van der Waals surface area contributed by atoms with E-state index in [2.05, 4.69) is 46.2 Å². The van der Waals surface area contributed by atoms with Gasteiger partial charge in [0.1, 0.15) is 17.1 Å². The van der Waals surface area contributed by atoms with Gasteiger partial charge in [-0.25, -0.2) is 9.97 Å². The number of H-pyrrole nitrogens is 1. The van der Waals surface area contributed by atoms with Crippen molar-refractivity contribution in [1.82, 2.24) is 20.3 Å². The lowest BCUT2D eigenvalue weighted by molar-refractivity contribution is 0.0953. The first-order valence-electron chi connectivity index (χ1n) is 9.64. The number of ether oxygens (including phenoxy) is 1. The number of fused-ring (bicyclic) bond motifs is 2. The second-order valence-electron chi connectivity index (χ2n) is 7.30. The Hall–Kier alpha value is -3.41. The van der Waals surface area contributed by atoms with Gasteiger partial charge < -0.3 is 15.0 Å². The first-order valence-corrected chi connectivity index (χ1v) is 9.64.